The average Bonchev–Trinajstić information content (AvgIpc) is 2.64. The van der Waals surface area contributed by atoms with Crippen molar-refractivity contribution in [2.24, 2.45) is 0 Å². The zero-order valence-electron chi connectivity index (χ0n) is 15.7. The standard InChI is InChI=1S/C23H30O3/c1-2-3-4-5-6-10-15-26-22-14-13-20(23(25)18-22)17-21(24)16-19-11-8-7-9-12-19/h7-9,11-14,18,25H,2-6,10,15-17H2,1H3. The Kier molecular flexibility index (Phi) is 8.74. The van der Waals surface area contributed by atoms with Crippen molar-refractivity contribution in [1.29, 1.82) is 0 Å². The predicted molar refractivity (Wildman–Crippen MR) is 106 cm³/mol. The van der Waals surface area contributed by atoms with Gasteiger partial charge in [-0.05, 0) is 18.1 Å². The summed E-state index contributed by atoms with van der Waals surface area (Å²) in [5, 5.41) is 10.2. The minimum absolute atomic E-state index is 0.0900. The van der Waals surface area contributed by atoms with Gasteiger partial charge in [-0.1, -0.05) is 75.4 Å². The molecule has 0 spiro atoms. The van der Waals surface area contributed by atoms with Crippen molar-refractivity contribution in [3.63, 3.8) is 0 Å². The maximum absolute atomic E-state index is 12.2. The molecule has 0 aliphatic heterocycles. The van der Waals surface area contributed by atoms with Crippen LogP contribution in [0.4, 0.5) is 0 Å². The summed E-state index contributed by atoms with van der Waals surface area (Å²) in [6, 6.07) is 14.9. The van der Waals surface area contributed by atoms with E-state index >= 15 is 0 Å². The Balaban J connectivity index is 1.75. The van der Waals surface area contributed by atoms with Gasteiger partial charge in [0, 0.05) is 24.5 Å². The van der Waals surface area contributed by atoms with Crippen LogP contribution >= 0.6 is 0 Å². The second-order valence-corrected chi connectivity index (χ2v) is 6.78. The van der Waals surface area contributed by atoms with Crippen LogP contribution in [0.2, 0.25) is 0 Å². The Morgan fingerprint density at radius 3 is 2.38 bits per heavy atom. The van der Waals surface area contributed by atoms with Gasteiger partial charge in [0.05, 0.1) is 6.61 Å². The summed E-state index contributed by atoms with van der Waals surface area (Å²) in [4.78, 5) is 12.2. The van der Waals surface area contributed by atoms with Crippen LogP contribution in [0.25, 0.3) is 0 Å². The summed E-state index contributed by atoms with van der Waals surface area (Å²) in [6.45, 7) is 2.88. The summed E-state index contributed by atoms with van der Waals surface area (Å²) < 4.78 is 5.70. The van der Waals surface area contributed by atoms with Gasteiger partial charge >= 0.3 is 0 Å². The Morgan fingerprint density at radius 1 is 0.923 bits per heavy atom. The molecule has 0 aliphatic carbocycles. The molecule has 0 fully saturated rings. The number of carbonyl (C=O) groups is 1. The molecule has 0 saturated heterocycles. The third kappa shape index (κ3) is 7.30. The smallest absolute Gasteiger partial charge is 0.141 e. The van der Waals surface area contributed by atoms with E-state index in [2.05, 4.69) is 6.92 Å². The van der Waals surface area contributed by atoms with Crippen LogP contribution in [-0.4, -0.2) is 17.5 Å². The first-order valence-electron chi connectivity index (χ1n) is 9.69. The Bertz CT molecular complexity index is 664. The summed E-state index contributed by atoms with van der Waals surface area (Å²) in [6.07, 6.45) is 7.94. The number of aromatic hydroxyl groups is 1. The molecule has 2 rings (SSSR count). The van der Waals surface area contributed by atoms with E-state index < -0.39 is 0 Å². The maximum Gasteiger partial charge on any atom is 0.141 e. The molecule has 1 N–H and O–H groups in total. The molecule has 2 aromatic rings. The first-order valence-corrected chi connectivity index (χ1v) is 9.69. The lowest BCUT2D eigenvalue weighted by Crippen LogP contribution is -2.07. The molecule has 0 unspecified atom stereocenters. The molecule has 0 aromatic heterocycles. The monoisotopic (exact) mass is 354 g/mol. The van der Waals surface area contributed by atoms with Crippen molar-refractivity contribution in [3.05, 3.63) is 59.7 Å². The van der Waals surface area contributed by atoms with Gasteiger partial charge in [-0.2, -0.15) is 0 Å². The largest absolute Gasteiger partial charge is 0.508 e. The Morgan fingerprint density at radius 2 is 1.65 bits per heavy atom. The Hall–Kier alpha value is -2.29. The minimum Gasteiger partial charge on any atom is -0.508 e. The van der Waals surface area contributed by atoms with Crippen molar-refractivity contribution < 1.29 is 14.6 Å². The first-order chi connectivity index (χ1) is 12.7. The number of ether oxygens (including phenoxy) is 1. The van der Waals surface area contributed by atoms with E-state index in [1.165, 1.54) is 32.1 Å². The zero-order valence-corrected chi connectivity index (χ0v) is 15.7. The third-order valence-corrected chi connectivity index (χ3v) is 4.46. The number of unbranched alkanes of at least 4 members (excludes halogenated alkanes) is 5. The van der Waals surface area contributed by atoms with Gasteiger partial charge in [0.15, 0.2) is 0 Å². The van der Waals surface area contributed by atoms with Crippen LogP contribution in [0.5, 0.6) is 11.5 Å². The number of benzene rings is 2. The van der Waals surface area contributed by atoms with Gasteiger partial charge in [0.25, 0.3) is 0 Å². The van der Waals surface area contributed by atoms with E-state index in [1.54, 1.807) is 12.1 Å². The number of hydrogen-bond donors (Lipinski definition) is 1. The average molecular weight is 354 g/mol. The fraction of sp³-hybridized carbons (Fsp3) is 0.435. The normalized spacial score (nSPS) is 10.7. The number of phenols is 1. The molecule has 3 nitrogen and oxygen atoms in total. The van der Waals surface area contributed by atoms with Gasteiger partial charge < -0.3 is 9.84 Å². The molecule has 26 heavy (non-hydrogen) atoms. The highest BCUT2D eigenvalue weighted by atomic mass is 16.5. The third-order valence-electron chi connectivity index (χ3n) is 4.46. The zero-order chi connectivity index (χ0) is 18.6. The molecule has 2 aromatic carbocycles. The lowest BCUT2D eigenvalue weighted by Gasteiger charge is -2.09. The lowest BCUT2D eigenvalue weighted by molar-refractivity contribution is -0.117. The summed E-state index contributed by atoms with van der Waals surface area (Å²) in [5.41, 5.74) is 1.65. The molecule has 3 heteroatoms. The van der Waals surface area contributed by atoms with Crippen LogP contribution in [0.15, 0.2) is 48.5 Å². The number of hydrogen-bond acceptors (Lipinski definition) is 3. The van der Waals surface area contributed by atoms with Crippen LogP contribution in [0, 0.1) is 0 Å². The van der Waals surface area contributed by atoms with Crippen LogP contribution in [0.1, 0.15) is 56.6 Å². The highest BCUT2D eigenvalue weighted by Crippen LogP contribution is 2.25. The number of rotatable bonds is 12. The molecule has 0 heterocycles. The molecule has 140 valence electrons. The Labute approximate surface area is 157 Å². The van der Waals surface area contributed by atoms with E-state index in [4.69, 9.17) is 4.74 Å². The molecular formula is C23H30O3. The van der Waals surface area contributed by atoms with E-state index in [0.29, 0.717) is 24.3 Å². The number of carbonyl (C=O) groups excluding carboxylic acids is 1. The fourth-order valence-electron chi connectivity index (χ4n) is 2.95. The van der Waals surface area contributed by atoms with Crippen molar-refractivity contribution >= 4 is 5.78 Å². The summed E-state index contributed by atoms with van der Waals surface area (Å²) >= 11 is 0. The SMILES string of the molecule is CCCCCCCCOc1ccc(CC(=O)Cc2ccccc2)c(O)c1. The number of ketones is 1. The molecule has 0 radical (unpaired) electrons. The molecule has 0 atom stereocenters. The number of Topliss-reactive ketones (excluding diaryl/α,β-unsaturated/α-hetero) is 1. The van der Waals surface area contributed by atoms with Crippen LogP contribution < -0.4 is 4.74 Å². The highest BCUT2D eigenvalue weighted by molar-refractivity contribution is 5.83. The van der Waals surface area contributed by atoms with Gasteiger partial charge in [-0.25, -0.2) is 0 Å². The minimum atomic E-state index is 0.0900. The lowest BCUT2D eigenvalue weighted by atomic mass is 10.0. The van der Waals surface area contributed by atoms with Crippen molar-refractivity contribution in [1.82, 2.24) is 0 Å². The molecular weight excluding hydrogens is 324 g/mol. The van der Waals surface area contributed by atoms with Gasteiger partial charge in [-0.15, -0.1) is 0 Å². The predicted octanol–water partition coefficient (Wildman–Crippen LogP) is 5.49. The van der Waals surface area contributed by atoms with Crippen molar-refractivity contribution in [2.45, 2.75) is 58.3 Å². The van der Waals surface area contributed by atoms with Crippen LogP contribution in [0.3, 0.4) is 0 Å². The summed E-state index contributed by atoms with van der Waals surface area (Å²) in [7, 11) is 0. The topological polar surface area (TPSA) is 46.5 Å². The maximum atomic E-state index is 12.2. The molecule has 0 saturated carbocycles. The van der Waals surface area contributed by atoms with Crippen molar-refractivity contribution in [3.8, 4) is 11.5 Å². The quantitative estimate of drug-likeness (QED) is 0.513. The highest BCUT2D eigenvalue weighted by Gasteiger charge is 2.10. The molecule has 0 aliphatic rings. The van der Waals surface area contributed by atoms with Gasteiger partial charge in [0.1, 0.15) is 17.3 Å². The second kappa shape index (κ2) is 11.3. The fourth-order valence-corrected chi connectivity index (χ4v) is 2.95. The van der Waals surface area contributed by atoms with E-state index in [0.717, 1.165) is 12.0 Å². The van der Waals surface area contributed by atoms with E-state index in [1.807, 2.05) is 36.4 Å². The molecule has 0 bridgehead atoms. The van der Waals surface area contributed by atoms with Crippen LogP contribution in [-0.2, 0) is 17.6 Å². The van der Waals surface area contributed by atoms with E-state index in [9.17, 15) is 9.90 Å². The van der Waals surface area contributed by atoms with Crippen molar-refractivity contribution in [2.75, 3.05) is 6.61 Å². The number of phenolic OH excluding ortho intramolecular Hbond substituents is 1. The molecule has 0 amide bonds. The second-order valence-electron chi connectivity index (χ2n) is 6.78. The first kappa shape index (κ1) is 20.0. The van der Waals surface area contributed by atoms with E-state index in [-0.39, 0.29) is 18.0 Å². The van der Waals surface area contributed by atoms with Gasteiger partial charge in [0.2, 0.25) is 0 Å². The summed E-state index contributed by atoms with van der Waals surface area (Å²) in [5.74, 6) is 0.884. The van der Waals surface area contributed by atoms with Gasteiger partial charge in [-0.3, -0.25) is 4.79 Å².